The van der Waals surface area contributed by atoms with Crippen LogP contribution >= 0.6 is 27.3 Å². The average Bonchev–Trinajstić information content (AvgIpc) is 2.72. The third kappa shape index (κ3) is 1.63. The number of hydrogen-bond donors (Lipinski definition) is 1. The maximum atomic E-state index is 10.2. The molecule has 14 heavy (non-hydrogen) atoms. The van der Waals surface area contributed by atoms with E-state index in [0.717, 1.165) is 4.60 Å². The third-order valence-corrected chi connectivity index (χ3v) is 3.74. The van der Waals surface area contributed by atoms with Gasteiger partial charge in [0.25, 0.3) is 0 Å². The summed E-state index contributed by atoms with van der Waals surface area (Å²) in [6, 6.07) is 1.73. The highest BCUT2D eigenvalue weighted by Crippen LogP contribution is 2.32. The predicted octanol–water partition coefficient (Wildman–Crippen LogP) is 2.75. The van der Waals surface area contributed by atoms with Crippen molar-refractivity contribution in [3.05, 3.63) is 39.1 Å². The van der Waals surface area contributed by atoms with Gasteiger partial charge in [-0.15, -0.1) is 11.3 Å². The molecule has 74 valence electrons. The van der Waals surface area contributed by atoms with E-state index in [1.54, 1.807) is 13.0 Å². The number of halogens is 1. The molecule has 0 bridgehead atoms. The summed E-state index contributed by atoms with van der Waals surface area (Å²) in [6.45, 7) is 1.70. The Labute approximate surface area is 93.5 Å². The molecule has 0 saturated carbocycles. The lowest BCUT2D eigenvalue weighted by Gasteiger charge is -2.18. The highest BCUT2D eigenvalue weighted by atomic mass is 79.9. The Kier molecular flexibility index (Phi) is 2.47. The van der Waals surface area contributed by atoms with Gasteiger partial charge >= 0.3 is 0 Å². The molecule has 0 aliphatic rings. The SMILES string of the molecule is CC(O)(c1ccoc1)c1nc(Br)cs1. The van der Waals surface area contributed by atoms with Crippen LogP contribution in [-0.4, -0.2) is 10.1 Å². The summed E-state index contributed by atoms with van der Waals surface area (Å²) in [5.74, 6) is 0. The molecule has 0 aliphatic heterocycles. The van der Waals surface area contributed by atoms with Crippen molar-refractivity contribution in [2.24, 2.45) is 0 Å². The summed E-state index contributed by atoms with van der Waals surface area (Å²) in [5, 5.41) is 12.7. The van der Waals surface area contributed by atoms with Crippen LogP contribution < -0.4 is 0 Å². The first-order valence-corrected chi connectivity index (χ1v) is 5.64. The van der Waals surface area contributed by atoms with Gasteiger partial charge in [0.2, 0.25) is 0 Å². The average molecular weight is 274 g/mol. The molecule has 1 unspecified atom stereocenters. The molecule has 1 N–H and O–H groups in total. The minimum Gasteiger partial charge on any atom is -0.472 e. The van der Waals surface area contributed by atoms with Gasteiger partial charge in [0, 0.05) is 10.9 Å². The van der Waals surface area contributed by atoms with Crippen LogP contribution in [0.1, 0.15) is 17.5 Å². The molecular weight excluding hydrogens is 266 g/mol. The fraction of sp³-hybridized carbons (Fsp3) is 0.222. The van der Waals surface area contributed by atoms with Gasteiger partial charge in [-0.1, -0.05) is 0 Å². The van der Waals surface area contributed by atoms with Crippen LogP contribution in [0.5, 0.6) is 0 Å². The van der Waals surface area contributed by atoms with Crippen molar-refractivity contribution in [1.82, 2.24) is 4.98 Å². The topological polar surface area (TPSA) is 46.3 Å². The second-order valence-electron chi connectivity index (χ2n) is 3.06. The highest BCUT2D eigenvalue weighted by Gasteiger charge is 2.29. The number of furan rings is 1. The van der Waals surface area contributed by atoms with E-state index in [2.05, 4.69) is 20.9 Å². The van der Waals surface area contributed by atoms with E-state index in [-0.39, 0.29) is 0 Å². The van der Waals surface area contributed by atoms with E-state index in [4.69, 9.17) is 4.42 Å². The van der Waals surface area contributed by atoms with Crippen molar-refractivity contribution in [2.45, 2.75) is 12.5 Å². The summed E-state index contributed by atoms with van der Waals surface area (Å²) < 4.78 is 5.67. The molecule has 0 fully saturated rings. The maximum absolute atomic E-state index is 10.2. The van der Waals surface area contributed by atoms with E-state index in [1.807, 2.05) is 5.38 Å². The molecule has 2 aromatic heterocycles. The van der Waals surface area contributed by atoms with Gasteiger partial charge in [-0.2, -0.15) is 0 Å². The van der Waals surface area contributed by atoms with Gasteiger partial charge in [-0.25, -0.2) is 4.98 Å². The normalized spacial score (nSPS) is 15.4. The molecule has 0 amide bonds. The number of thiazole rings is 1. The van der Waals surface area contributed by atoms with Crippen LogP contribution in [0.25, 0.3) is 0 Å². The third-order valence-electron chi connectivity index (χ3n) is 1.98. The summed E-state index contributed by atoms with van der Waals surface area (Å²) >= 11 is 4.66. The summed E-state index contributed by atoms with van der Waals surface area (Å²) in [4.78, 5) is 4.18. The van der Waals surface area contributed by atoms with Gasteiger partial charge in [-0.05, 0) is 28.9 Å². The van der Waals surface area contributed by atoms with Crippen molar-refractivity contribution >= 4 is 27.3 Å². The van der Waals surface area contributed by atoms with E-state index >= 15 is 0 Å². The molecule has 5 heteroatoms. The number of aromatic nitrogens is 1. The number of rotatable bonds is 2. The molecule has 2 heterocycles. The van der Waals surface area contributed by atoms with E-state index in [0.29, 0.717) is 10.6 Å². The standard InChI is InChI=1S/C9H8BrNO2S/c1-9(12,6-2-3-13-4-6)8-11-7(10)5-14-8/h2-5,12H,1H3. The van der Waals surface area contributed by atoms with Crippen LogP contribution in [0, 0.1) is 0 Å². The van der Waals surface area contributed by atoms with E-state index in [1.165, 1.54) is 23.9 Å². The smallest absolute Gasteiger partial charge is 0.141 e. The zero-order chi connectivity index (χ0) is 10.2. The lowest BCUT2D eigenvalue weighted by atomic mass is 10.0. The Bertz CT molecular complexity index is 422. The fourth-order valence-corrected chi connectivity index (χ4v) is 2.48. The van der Waals surface area contributed by atoms with Gasteiger partial charge in [0.15, 0.2) is 0 Å². The molecular formula is C9H8BrNO2S. The molecule has 0 saturated heterocycles. The van der Waals surface area contributed by atoms with Gasteiger partial charge in [0.1, 0.15) is 15.2 Å². The van der Waals surface area contributed by atoms with E-state index in [9.17, 15) is 5.11 Å². The first-order chi connectivity index (χ1) is 6.60. The van der Waals surface area contributed by atoms with Crippen LogP contribution in [0.3, 0.4) is 0 Å². The van der Waals surface area contributed by atoms with Crippen molar-refractivity contribution in [3.8, 4) is 0 Å². The zero-order valence-corrected chi connectivity index (χ0v) is 9.80. The Morgan fingerprint density at radius 3 is 2.93 bits per heavy atom. The monoisotopic (exact) mass is 273 g/mol. The molecule has 0 spiro atoms. The predicted molar refractivity (Wildman–Crippen MR) is 57.2 cm³/mol. The highest BCUT2D eigenvalue weighted by molar-refractivity contribution is 9.10. The van der Waals surface area contributed by atoms with Crippen LogP contribution in [0.15, 0.2) is 33.0 Å². The second-order valence-corrected chi connectivity index (χ2v) is 4.73. The minimum absolute atomic E-state index is 0.644. The first-order valence-electron chi connectivity index (χ1n) is 3.97. The van der Waals surface area contributed by atoms with Gasteiger partial charge < -0.3 is 9.52 Å². The molecule has 3 nitrogen and oxygen atoms in total. The van der Waals surface area contributed by atoms with Crippen molar-refractivity contribution in [3.63, 3.8) is 0 Å². The van der Waals surface area contributed by atoms with Crippen LogP contribution in [0.2, 0.25) is 0 Å². The molecule has 1 atom stereocenters. The molecule has 0 aliphatic carbocycles. The van der Waals surface area contributed by atoms with Crippen molar-refractivity contribution in [1.29, 1.82) is 0 Å². The van der Waals surface area contributed by atoms with Crippen molar-refractivity contribution in [2.75, 3.05) is 0 Å². The minimum atomic E-state index is -1.08. The molecule has 2 rings (SSSR count). The number of nitrogens with zero attached hydrogens (tertiary/aromatic N) is 1. The molecule has 2 aromatic rings. The van der Waals surface area contributed by atoms with Gasteiger partial charge in [-0.3, -0.25) is 0 Å². The second kappa shape index (κ2) is 3.49. The Morgan fingerprint density at radius 1 is 1.64 bits per heavy atom. The van der Waals surface area contributed by atoms with Crippen molar-refractivity contribution < 1.29 is 9.52 Å². The largest absolute Gasteiger partial charge is 0.472 e. The quantitative estimate of drug-likeness (QED) is 0.915. The summed E-state index contributed by atoms with van der Waals surface area (Å²) in [6.07, 6.45) is 3.06. The molecule has 0 radical (unpaired) electrons. The first kappa shape index (κ1) is 9.89. The Balaban J connectivity index is 2.42. The molecule has 0 aromatic carbocycles. The fourth-order valence-electron chi connectivity index (χ4n) is 1.14. The van der Waals surface area contributed by atoms with Crippen LogP contribution in [0.4, 0.5) is 0 Å². The van der Waals surface area contributed by atoms with E-state index < -0.39 is 5.60 Å². The zero-order valence-electron chi connectivity index (χ0n) is 7.40. The van der Waals surface area contributed by atoms with Crippen LogP contribution in [-0.2, 0) is 5.60 Å². The Morgan fingerprint density at radius 2 is 2.43 bits per heavy atom. The number of hydrogen-bond acceptors (Lipinski definition) is 4. The lowest BCUT2D eigenvalue weighted by molar-refractivity contribution is 0.101. The lowest BCUT2D eigenvalue weighted by Crippen LogP contribution is -2.21. The summed E-state index contributed by atoms with van der Waals surface area (Å²) in [5.41, 5.74) is -0.372. The van der Waals surface area contributed by atoms with Gasteiger partial charge in [0.05, 0.1) is 12.5 Å². The maximum Gasteiger partial charge on any atom is 0.141 e. The Hall–Kier alpha value is -0.650. The summed E-state index contributed by atoms with van der Waals surface area (Å²) in [7, 11) is 0. The number of aliphatic hydroxyl groups is 1.